The number of nitrogens with zero attached hydrogens (tertiary/aromatic N) is 4. The molecule has 0 spiro atoms. The number of aromatic amines is 1. The van der Waals surface area contributed by atoms with Crippen LogP contribution in [0.3, 0.4) is 0 Å². The zero-order valence-corrected chi connectivity index (χ0v) is 21.0. The Hall–Kier alpha value is -3.84. The number of likely N-dealkylation sites (N-methyl/N-ethyl adjacent to an activating group) is 2. The standard InChI is InChI=1S/C29H31N5O2/c1-32-10-12-34(13-11-32)26-7-5-19(16-27(26)36-3)22-15-24-25(18-31-28(24)30-17-22)20-4-6-23-21(14-20)8-9-33(2)29(23)35/h4-7,14-18H,8-13H2,1-3H3,(H,30,31). The SMILES string of the molecule is COc1cc(-c2cnc3[nH]cc(-c4ccc5c(c4)CCN(C)C5=O)c3c2)ccc1N1CCN(C)CC1. The highest BCUT2D eigenvalue weighted by Crippen LogP contribution is 2.36. The van der Waals surface area contributed by atoms with Gasteiger partial charge in [-0.15, -0.1) is 0 Å². The van der Waals surface area contributed by atoms with Crippen LogP contribution in [0.5, 0.6) is 5.75 Å². The molecular formula is C29H31N5O2. The first-order chi connectivity index (χ1) is 17.5. The van der Waals surface area contributed by atoms with E-state index in [1.807, 2.05) is 31.6 Å². The number of anilines is 1. The Balaban J connectivity index is 1.35. The lowest BCUT2D eigenvalue weighted by Gasteiger charge is -2.34. The number of amides is 1. The van der Waals surface area contributed by atoms with Gasteiger partial charge >= 0.3 is 0 Å². The largest absolute Gasteiger partial charge is 0.495 e. The molecule has 4 heterocycles. The number of piperazine rings is 1. The number of ether oxygens (including phenoxy) is 1. The molecule has 2 aliphatic rings. The van der Waals surface area contributed by atoms with E-state index in [-0.39, 0.29) is 5.91 Å². The third kappa shape index (κ3) is 3.89. The summed E-state index contributed by atoms with van der Waals surface area (Å²) in [5.74, 6) is 0.982. The van der Waals surface area contributed by atoms with Crippen molar-refractivity contribution in [2.45, 2.75) is 6.42 Å². The summed E-state index contributed by atoms with van der Waals surface area (Å²) in [5, 5.41) is 1.06. The van der Waals surface area contributed by atoms with Gasteiger partial charge in [0.05, 0.1) is 12.8 Å². The lowest BCUT2D eigenvalue weighted by molar-refractivity contribution is 0.0781. The van der Waals surface area contributed by atoms with E-state index in [4.69, 9.17) is 9.72 Å². The number of nitrogens with one attached hydrogen (secondary N) is 1. The molecule has 7 nitrogen and oxygen atoms in total. The minimum atomic E-state index is 0.0969. The Morgan fingerprint density at radius 2 is 1.69 bits per heavy atom. The summed E-state index contributed by atoms with van der Waals surface area (Å²) in [6.07, 6.45) is 4.79. The molecule has 1 N–H and O–H groups in total. The van der Waals surface area contributed by atoms with Crippen molar-refractivity contribution in [3.05, 3.63) is 66.0 Å². The van der Waals surface area contributed by atoms with Crippen LogP contribution in [-0.4, -0.2) is 79.6 Å². The molecule has 0 unspecified atom stereocenters. The number of fused-ring (bicyclic) bond motifs is 2. The van der Waals surface area contributed by atoms with Gasteiger partial charge in [0.25, 0.3) is 5.91 Å². The summed E-state index contributed by atoms with van der Waals surface area (Å²) in [4.78, 5) is 27.1. The second kappa shape index (κ2) is 8.99. The molecule has 1 amide bonds. The van der Waals surface area contributed by atoms with Gasteiger partial charge in [-0.3, -0.25) is 4.79 Å². The number of benzene rings is 2. The number of pyridine rings is 1. The van der Waals surface area contributed by atoms with E-state index >= 15 is 0 Å². The lowest BCUT2D eigenvalue weighted by atomic mass is 9.94. The van der Waals surface area contributed by atoms with E-state index < -0.39 is 0 Å². The second-order valence-corrected chi connectivity index (χ2v) is 9.85. The molecule has 0 atom stereocenters. The third-order valence-corrected chi connectivity index (χ3v) is 7.60. The number of H-pyrrole nitrogens is 1. The molecule has 1 saturated heterocycles. The van der Waals surface area contributed by atoms with Gasteiger partial charge in [-0.25, -0.2) is 4.98 Å². The Kier molecular flexibility index (Phi) is 5.64. The first-order valence-corrected chi connectivity index (χ1v) is 12.5. The number of methoxy groups -OCH3 is 1. The van der Waals surface area contributed by atoms with Crippen molar-refractivity contribution in [2.75, 3.05) is 58.8 Å². The second-order valence-electron chi connectivity index (χ2n) is 9.85. The molecular weight excluding hydrogens is 450 g/mol. The number of carbonyl (C=O) groups excluding carboxylic acids is 1. The van der Waals surface area contributed by atoms with E-state index in [9.17, 15) is 4.79 Å². The minimum absolute atomic E-state index is 0.0969. The number of rotatable bonds is 4. The molecule has 4 aromatic rings. The van der Waals surface area contributed by atoms with Crippen LogP contribution in [0.15, 0.2) is 54.9 Å². The van der Waals surface area contributed by atoms with Crippen molar-refractivity contribution >= 4 is 22.6 Å². The van der Waals surface area contributed by atoms with E-state index in [1.54, 1.807) is 12.0 Å². The Morgan fingerprint density at radius 3 is 2.50 bits per heavy atom. The van der Waals surface area contributed by atoms with Gasteiger partial charge in [0.2, 0.25) is 0 Å². The molecule has 36 heavy (non-hydrogen) atoms. The predicted octanol–water partition coefficient (Wildman–Crippen LogP) is 4.29. The maximum absolute atomic E-state index is 12.5. The molecule has 2 aliphatic heterocycles. The van der Waals surface area contributed by atoms with Crippen LogP contribution in [0.4, 0.5) is 5.69 Å². The van der Waals surface area contributed by atoms with Crippen LogP contribution in [0.2, 0.25) is 0 Å². The molecule has 0 bridgehead atoms. The van der Waals surface area contributed by atoms with Crippen LogP contribution in [0, 0.1) is 0 Å². The van der Waals surface area contributed by atoms with Gasteiger partial charge in [0.1, 0.15) is 11.4 Å². The van der Waals surface area contributed by atoms with Crippen molar-refractivity contribution < 1.29 is 9.53 Å². The first-order valence-electron chi connectivity index (χ1n) is 12.5. The van der Waals surface area contributed by atoms with E-state index in [0.29, 0.717) is 0 Å². The molecule has 0 aliphatic carbocycles. The summed E-state index contributed by atoms with van der Waals surface area (Å²) in [6, 6.07) is 14.8. The van der Waals surface area contributed by atoms with Gasteiger partial charge in [0, 0.05) is 74.2 Å². The smallest absolute Gasteiger partial charge is 0.253 e. The highest BCUT2D eigenvalue weighted by Gasteiger charge is 2.22. The highest BCUT2D eigenvalue weighted by atomic mass is 16.5. The maximum Gasteiger partial charge on any atom is 0.253 e. The summed E-state index contributed by atoms with van der Waals surface area (Å²) >= 11 is 0. The molecule has 0 saturated carbocycles. The van der Waals surface area contributed by atoms with Crippen LogP contribution in [0.25, 0.3) is 33.3 Å². The van der Waals surface area contributed by atoms with Gasteiger partial charge in [0.15, 0.2) is 0 Å². The Bertz CT molecular complexity index is 1450. The molecule has 184 valence electrons. The van der Waals surface area contributed by atoms with E-state index in [1.165, 1.54) is 0 Å². The van der Waals surface area contributed by atoms with Crippen molar-refractivity contribution in [1.82, 2.24) is 19.8 Å². The average Bonchev–Trinajstić information content (AvgIpc) is 3.34. The van der Waals surface area contributed by atoms with Gasteiger partial charge in [-0.1, -0.05) is 18.2 Å². The predicted molar refractivity (Wildman–Crippen MR) is 144 cm³/mol. The van der Waals surface area contributed by atoms with Gasteiger partial charge < -0.3 is 24.4 Å². The number of aromatic nitrogens is 2. The number of hydrogen-bond acceptors (Lipinski definition) is 5. The van der Waals surface area contributed by atoms with Crippen molar-refractivity contribution in [2.24, 2.45) is 0 Å². The summed E-state index contributed by atoms with van der Waals surface area (Å²) in [5.41, 5.74) is 8.21. The maximum atomic E-state index is 12.5. The quantitative estimate of drug-likeness (QED) is 0.471. The van der Waals surface area contributed by atoms with Crippen LogP contribution >= 0.6 is 0 Å². The highest BCUT2D eigenvalue weighted by molar-refractivity contribution is 5.99. The van der Waals surface area contributed by atoms with Gasteiger partial charge in [-0.2, -0.15) is 0 Å². The summed E-state index contributed by atoms with van der Waals surface area (Å²) < 4.78 is 5.81. The summed E-state index contributed by atoms with van der Waals surface area (Å²) in [7, 11) is 5.76. The topological polar surface area (TPSA) is 64.7 Å². The number of carbonyl (C=O) groups is 1. The molecule has 0 radical (unpaired) electrons. The third-order valence-electron chi connectivity index (χ3n) is 7.60. The first kappa shape index (κ1) is 22.6. The average molecular weight is 482 g/mol. The normalized spacial score (nSPS) is 16.5. The Labute approximate surface area is 211 Å². The fraction of sp³-hybridized carbons (Fsp3) is 0.310. The number of hydrogen-bond donors (Lipinski definition) is 1. The van der Waals surface area contributed by atoms with Crippen molar-refractivity contribution in [3.8, 4) is 28.0 Å². The fourth-order valence-electron chi connectivity index (χ4n) is 5.34. The van der Waals surface area contributed by atoms with Crippen LogP contribution < -0.4 is 9.64 Å². The van der Waals surface area contributed by atoms with Crippen LogP contribution in [-0.2, 0) is 6.42 Å². The van der Waals surface area contributed by atoms with E-state index in [2.05, 4.69) is 52.2 Å². The van der Waals surface area contributed by atoms with Crippen LogP contribution in [0.1, 0.15) is 15.9 Å². The van der Waals surface area contributed by atoms with Gasteiger partial charge in [-0.05, 0) is 54.4 Å². The zero-order chi connectivity index (χ0) is 24.8. The van der Waals surface area contributed by atoms with Crippen molar-refractivity contribution in [1.29, 1.82) is 0 Å². The Morgan fingerprint density at radius 1 is 0.889 bits per heavy atom. The summed E-state index contributed by atoms with van der Waals surface area (Å²) in [6.45, 7) is 4.84. The molecule has 2 aromatic carbocycles. The minimum Gasteiger partial charge on any atom is -0.495 e. The zero-order valence-electron chi connectivity index (χ0n) is 21.0. The molecule has 7 heteroatoms. The monoisotopic (exact) mass is 481 g/mol. The molecule has 1 fully saturated rings. The van der Waals surface area contributed by atoms with Crippen molar-refractivity contribution in [3.63, 3.8) is 0 Å². The van der Waals surface area contributed by atoms with E-state index in [0.717, 1.165) is 95.0 Å². The molecule has 6 rings (SSSR count). The molecule has 2 aromatic heterocycles. The fourth-order valence-corrected chi connectivity index (χ4v) is 5.34. The lowest BCUT2D eigenvalue weighted by Crippen LogP contribution is -2.44.